The monoisotopic (exact) mass is 462 g/mol. The number of benzene rings is 2. The molecule has 3 rings (SSSR count). The summed E-state index contributed by atoms with van der Waals surface area (Å²) >= 11 is 12.5. The summed E-state index contributed by atoms with van der Waals surface area (Å²) in [4.78, 5) is 38.0. The van der Waals surface area contributed by atoms with Crippen molar-refractivity contribution in [2.45, 2.75) is 13.0 Å². The molecule has 1 heterocycles. The molecule has 2 amide bonds. The highest BCUT2D eigenvalue weighted by Gasteiger charge is 2.38. The number of anilines is 1. The maximum absolute atomic E-state index is 12.8. The first kappa shape index (κ1) is 21.8. The average Bonchev–Trinajstić information content (AvgIpc) is 2.96. The number of hydrogen-bond acceptors (Lipinski definition) is 6. The molecule has 7 nitrogen and oxygen atoms in total. The number of nitrogens with one attached hydrogen (secondary N) is 1. The Hall–Kier alpha value is -2.88. The molecule has 1 unspecified atom stereocenters. The molecule has 1 aliphatic heterocycles. The van der Waals surface area contributed by atoms with Gasteiger partial charge in [0.2, 0.25) is 5.91 Å². The first-order valence-corrected chi connectivity index (χ1v) is 10.2. The molecule has 0 aromatic heterocycles. The van der Waals surface area contributed by atoms with Gasteiger partial charge in [0.25, 0.3) is 5.91 Å². The third-order valence-electron chi connectivity index (χ3n) is 4.28. The topological polar surface area (TPSA) is 107 Å². The van der Waals surface area contributed by atoms with Crippen molar-refractivity contribution in [2.24, 2.45) is 0 Å². The summed E-state index contributed by atoms with van der Waals surface area (Å²) in [5.41, 5.74) is 0.555. The molecule has 0 aliphatic carbocycles. The highest BCUT2D eigenvalue weighted by Crippen LogP contribution is 2.35. The number of nitrogens with zero attached hydrogens (tertiary/aromatic N) is 1. The third kappa shape index (κ3) is 4.48. The van der Waals surface area contributed by atoms with Crippen molar-refractivity contribution in [1.82, 2.24) is 4.90 Å². The van der Waals surface area contributed by atoms with Crippen LogP contribution >= 0.6 is 35.6 Å². The number of aromatic hydroxyl groups is 1. The number of thioether (sulfide) groups is 1. The lowest BCUT2D eigenvalue weighted by Gasteiger charge is -2.22. The molecule has 0 saturated carbocycles. The molecule has 0 bridgehead atoms. The second-order valence-corrected chi connectivity index (χ2v) is 8.36. The summed E-state index contributed by atoms with van der Waals surface area (Å²) in [5, 5.41) is 21.8. The van der Waals surface area contributed by atoms with E-state index in [1.807, 2.05) is 0 Å². The fourth-order valence-electron chi connectivity index (χ4n) is 2.70. The summed E-state index contributed by atoms with van der Waals surface area (Å²) < 4.78 is 0.227. The van der Waals surface area contributed by atoms with E-state index in [1.54, 1.807) is 30.3 Å². The van der Waals surface area contributed by atoms with Crippen molar-refractivity contribution in [3.8, 4) is 5.75 Å². The van der Waals surface area contributed by atoms with Crippen molar-refractivity contribution in [3.63, 3.8) is 0 Å². The third-order valence-corrected chi connectivity index (χ3v) is 5.95. The molecular formula is C20H15ClN2O5S2. The number of carboxylic acids is 1. The summed E-state index contributed by atoms with van der Waals surface area (Å²) in [6, 6.07) is 9.73. The van der Waals surface area contributed by atoms with E-state index in [9.17, 15) is 19.5 Å². The molecule has 2 aromatic rings. The molecule has 30 heavy (non-hydrogen) atoms. The van der Waals surface area contributed by atoms with Gasteiger partial charge in [0.15, 0.2) is 0 Å². The van der Waals surface area contributed by atoms with Gasteiger partial charge in [-0.25, -0.2) is 4.79 Å². The van der Waals surface area contributed by atoms with Crippen LogP contribution < -0.4 is 5.32 Å². The van der Waals surface area contributed by atoms with Crippen LogP contribution in [0, 0.1) is 0 Å². The lowest BCUT2D eigenvalue weighted by atomic mass is 10.1. The Kier molecular flexibility index (Phi) is 6.45. The Labute approximate surface area is 186 Å². The molecule has 3 N–H and O–H groups in total. The minimum atomic E-state index is -1.29. The summed E-state index contributed by atoms with van der Waals surface area (Å²) in [6.45, 7) is 1.52. The Balaban J connectivity index is 1.77. The van der Waals surface area contributed by atoms with Crippen LogP contribution in [0.1, 0.15) is 22.8 Å². The number of carbonyl (C=O) groups is 3. The van der Waals surface area contributed by atoms with Gasteiger partial charge in [-0.3, -0.25) is 14.5 Å². The van der Waals surface area contributed by atoms with E-state index in [4.69, 9.17) is 28.9 Å². The van der Waals surface area contributed by atoms with E-state index in [0.717, 1.165) is 17.8 Å². The minimum absolute atomic E-state index is 0.186. The van der Waals surface area contributed by atoms with E-state index >= 15 is 0 Å². The minimum Gasteiger partial charge on any atom is -0.507 e. The van der Waals surface area contributed by atoms with Gasteiger partial charge < -0.3 is 15.5 Å². The molecule has 1 fully saturated rings. The zero-order valence-electron chi connectivity index (χ0n) is 15.5. The predicted octanol–water partition coefficient (Wildman–Crippen LogP) is 3.97. The SMILES string of the molecule is CC(C(=O)Nc1ccc(C(=O)O)c(O)c1)N1C(=O)/C(=C/c2ccccc2Cl)SC1=S. The Morgan fingerprint density at radius 3 is 2.60 bits per heavy atom. The smallest absolute Gasteiger partial charge is 0.339 e. The Morgan fingerprint density at radius 1 is 1.27 bits per heavy atom. The number of carboxylic acid groups (broad SMARTS) is 1. The summed E-state index contributed by atoms with van der Waals surface area (Å²) in [7, 11) is 0. The number of amides is 2. The number of phenols is 1. The standard InChI is InChI=1S/C20H15ClN2O5S2/c1-10(17(25)22-12-6-7-13(19(27)28)15(24)9-12)23-18(26)16(30-20(23)29)8-11-4-2-3-5-14(11)21/h2-10,24H,1H3,(H,22,25)(H,27,28)/b16-8-. The van der Waals surface area contributed by atoms with Gasteiger partial charge in [-0.1, -0.05) is 53.8 Å². The average molecular weight is 463 g/mol. The van der Waals surface area contributed by atoms with Crippen molar-refractivity contribution in [1.29, 1.82) is 0 Å². The van der Waals surface area contributed by atoms with Gasteiger partial charge in [-0.15, -0.1) is 0 Å². The molecule has 10 heteroatoms. The zero-order valence-corrected chi connectivity index (χ0v) is 17.8. The van der Waals surface area contributed by atoms with Crippen LogP contribution in [0.15, 0.2) is 47.4 Å². The molecular weight excluding hydrogens is 448 g/mol. The lowest BCUT2D eigenvalue weighted by molar-refractivity contribution is -0.129. The number of aromatic carboxylic acids is 1. The van der Waals surface area contributed by atoms with Crippen molar-refractivity contribution in [2.75, 3.05) is 5.32 Å². The van der Waals surface area contributed by atoms with Gasteiger partial charge in [-0.2, -0.15) is 0 Å². The van der Waals surface area contributed by atoms with E-state index < -0.39 is 29.6 Å². The Bertz CT molecular complexity index is 1100. The highest BCUT2D eigenvalue weighted by molar-refractivity contribution is 8.26. The van der Waals surface area contributed by atoms with Gasteiger partial charge in [0, 0.05) is 16.8 Å². The van der Waals surface area contributed by atoms with Crippen LogP contribution in [0.3, 0.4) is 0 Å². The molecule has 0 radical (unpaired) electrons. The highest BCUT2D eigenvalue weighted by atomic mass is 35.5. The van der Waals surface area contributed by atoms with Crippen LogP contribution in [0.4, 0.5) is 5.69 Å². The van der Waals surface area contributed by atoms with Gasteiger partial charge in [0.1, 0.15) is 21.7 Å². The number of thiocarbonyl (C=S) groups is 1. The largest absolute Gasteiger partial charge is 0.507 e. The van der Waals surface area contributed by atoms with E-state index in [1.165, 1.54) is 24.0 Å². The first-order valence-electron chi connectivity index (χ1n) is 8.58. The maximum atomic E-state index is 12.8. The predicted molar refractivity (Wildman–Crippen MR) is 120 cm³/mol. The van der Waals surface area contributed by atoms with Crippen molar-refractivity contribution in [3.05, 3.63) is 63.5 Å². The van der Waals surface area contributed by atoms with Gasteiger partial charge in [0.05, 0.1) is 4.91 Å². The van der Waals surface area contributed by atoms with Crippen LogP contribution in [0.2, 0.25) is 5.02 Å². The molecule has 1 aliphatic rings. The second-order valence-electron chi connectivity index (χ2n) is 6.28. The molecule has 2 aromatic carbocycles. The van der Waals surface area contributed by atoms with Gasteiger partial charge in [-0.05, 0) is 36.8 Å². The van der Waals surface area contributed by atoms with E-state index in [-0.39, 0.29) is 15.6 Å². The Morgan fingerprint density at radius 2 is 1.97 bits per heavy atom. The fraction of sp³-hybridized carbons (Fsp3) is 0.100. The van der Waals surface area contributed by atoms with Crippen LogP contribution in [0.5, 0.6) is 5.75 Å². The quantitative estimate of drug-likeness (QED) is 0.455. The number of rotatable bonds is 5. The van der Waals surface area contributed by atoms with Crippen molar-refractivity contribution >= 4 is 69.4 Å². The fourth-order valence-corrected chi connectivity index (χ4v) is 4.30. The molecule has 1 saturated heterocycles. The van der Waals surface area contributed by atoms with Crippen LogP contribution in [-0.4, -0.2) is 43.3 Å². The zero-order chi connectivity index (χ0) is 22.0. The normalized spacial score (nSPS) is 16.1. The molecule has 1 atom stereocenters. The van der Waals surface area contributed by atoms with Gasteiger partial charge >= 0.3 is 5.97 Å². The molecule has 0 spiro atoms. The first-order chi connectivity index (χ1) is 14.2. The van der Waals surface area contributed by atoms with E-state index in [0.29, 0.717) is 15.5 Å². The summed E-state index contributed by atoms with van der Waals surface area (Å²) in [6.07, 6.45) is 1.62. The molecule has 154 valence electrons. The number of carbonyl (C=O) groups excluding carboxylic acids is 2. The lowest BCUT2D eigenvalue weighted by Crippen LogP contribution is -2.44. The maximum Gasteiger partial charge on any atom is 0.339 e. The number of hydrogen-bond donors (Lipinski definition) is 3. The summed E-state index contributed by atoms with van der Waals surface area (Å²) in [5.74, 6) is -2.74. The number of halogens is 1. The second kappa shape index (κ2) is 8.86. The van der Waals surface area contributed by atoms with E-state index in [2.05, 4.69) is 5.32 Å². The van der Waals surface area contributed by atoms with Crippen LogP contribution in [-0.2, 0) is 9.59 Å². The van der Waals surface area contributed by atoms with Crippen LogP contribution in [0.25, 0.3) is 6.08 Å². The van der Waals surface area contributed by atoms with Crippen molar-refractivity contribution < 1.29 is 24.6 Å².